The van der Waals surface area contributed by atoms with Crippen LogP contribution in [0.4, 0.5) is 11.4 Å². The van der Waals surface area contributed by atoms with Gasteiger partial charge in [-0.05, 0) is 45.6 Å². The van der Waals surface area contributed by atoms with Crippen LogP contribution in [0.1, 0.15) is 64.9 Å². The molecule has 0 aliphatic heterocycles. The number of carbonyl (C=O) groups excluding carboxylic acids is 2. The van der Waals surface area contributed by atoms with Gasteiger partial charge in [-0.2, -0.15) is 0 Å². The van der Waals surface area contributed by atoms with Gasteiger partial charge in [-0.3, -0.25) is 4.79 Å². The minimum Gasteiger partial charge on any atom is -0.464 e. The van der Waals surface area contributed by atoms with Gasteiger partial charge in [0, 0.05) is 24.9 Å². The number of carbonyl (C=O) groups is 2. The third-order valence-electron chi connectivity index (χ3n) is 4.73. The molecule has 0 saturated heterocycles. The van der Waals surface area contributed by atoms with E-state index in [4.69, 9.17) is 4.74 Å². The molecule has 0 bridgehead atoms. The minimum atomic E-state index is -0.802. The van der Waals surface area contributed by atoms with E-state index in [1.807, 2.05) is 17.6 Å². The number of fused-ring (bicyclic) bond motifs is 1. The number of pyridine rings is 1. The third-order valence-corrected chi connectivity index (χ3v) is 4.73. The predicted molar refractivity (Wildman–Crippen MR) is 119 cm³/mol. The summed E-state index contributed by atoms with van der Waals surface area (Å²) >= 11 is 0. The molecule has 0 unspecified atom stereocenters. The molecule has 0 aromatic carbocycles. The molecule has 0 radical (unpaired) electrons. The molecule has 3 N–H and O–H groups in total. The van der Waals surface area contributed by atoms with Crippen LogP contribution in [-0.4, -0.2) is 45.3 Å². The lowest BCUT2D eigenvalue weighted by atomic mass is 10.0. The second-order valence-electron chi connectivity index (χ2n) is 8.89. The number of aromatic nitrogens is 2. The van der Waals surface area contributed by atoms with Gasteiger partial charge in [0.2, 0.25) is 5.91 Å². The molecule has 2 aromatic rings. The molecule has 0 fully saturated rings. The highest BCUT2D eigenvalue weighted by molar-refractivity contribution is 6.10. The lowest BCUT2D eigenvalue weighted by molar-refractivity contribution is -0.114. The number of aryl methyl sites for hydroxylation is 1. The summed E-state index contributed by atoms with van der Waals surface area (Å²) in [6.45, 7) is 11.7. The molecule has 1 amide bonds. The van der Waals surface area contributed by atoms with Gasteiger partial charge in [-0.25, -0.2) is 9.78 Å². The van der Waals surface area contributed by atoms with E-state index in [-0.39, 0.29) is 17.6 Å². The first-order valence-corrected chi connectivity index (χ1v) is 10.3. The number of aliphatic hydroxyl groups is 1. The summed E-state index contributed by atoms with van der Waals surface area (Å²) < 4.78 is 6.82. The summed E-state index contributed by atoms with van der Waals surface area (Å²) in [5.41, 5.74) is 1.24. The summed E-state index contributed by atoms with van der Waals surface area (Å²) in [7, 11) is 1.32. The van der Waals surface area contributed by atoms with Gasteiger partial charge in [0.05, 0.1) is 30.3 Å². The molecule has 30 heavy (non-hydrogen) atoms. The zero-order chi connectivity index (χ0) is 22.6. The van der Waals surface area contributed by atoms with Gasteiger partial charge in [-0.1, -0.05) is 13.8 Å². The molecule has 0 saturated carbocycles. The first-order valence-electron chi connectivity index (χ1n) is 10.3. The van der Waals surface area contributed by atoms with Crippen molar-refractivity contribution in [3.63, 3.8) is 0 Å². The molecule has 0 spiro atoms. The molecule has 2 rings (SSSR count). The van der Waals surface area contributed by atoms with E-state index in [1.54, 1.807) is 20.0 Å². The quantitative estimate of drug-likeness (QED) is 0.535. The van der Waals surface area contributed by atoms with E-state index in [1.165, 1.54) is 14.0 Å². The molecule has 166 valence electrons. The van der Waals surface area contributed by atoms with Crippen molar-refractivity contribution in [3.8, 4) is 0 Å². The van der Waals surface area contributed by atoms with Crippen molar-refractivity contribution in [2.24, 2.45) is 5.92 Å². The van der Waals surface area contributed by atoms with Crippen LogP contribution in [0.2, 0.25) is 0 Å². The number of nitrogens with one attached hydrogen (secondary N) is 2. The predicted octanol–water partition coefficient (Wildman–Crippen LogP) is 3.79. The van der Waals surface area contributed by atoms with Gasteiger partial charge < -0.3 is 25.0 Å². The molecule has 1 atom stereocenters. The van der Waals surface area contributed by atoms with Gasteiger partial charge in [0.25, 0.3) is 0 Å². The highest BCUT2D eigenvalue weighted by atomic mass is 16.5. The maximum Gasteiger partial charge on any atom is 0.356 e. The smallest absolute Gasteiger partial charge is 0.356 e. The monoisotopic (exact) mass is 418 g/mol. The molecular formula is C22H34N4O4. The number of ether oxygens (including phenoxy) is 1. The van der Waals surface area contributed by atoms with Crippen molar-refractivity contribution in [2.75, 3.05) is 17.7 Å². The summed E-state index contributed by atoms with van der Waals surface area (Å²) in [6, 6.07) is 1.86. The second kappa shape index (κ2) is 9.47. The Balaban J connectivity index is 2.58. The van der Waals surface area contributed by atoms with Crippen molar-refractivity contribution >= 4 is 34.3 Å². The largest absolute Gasteiger partial charge is 0.464 e. The van der Waals surface area contributed by atoms with E-state index >= 15 is 0 Å². The first kappa shape index (κ1) is 23.7. The van der Waals surface area contributed by atoms with Gasteiger partial charge >= 0.3 is 5.97 Å². The Morgan fingerprint density at radius 2 is 1.97 bits per heavy atom. The Morgan fingerprint density at radius 3 is 2.50 bits per heavy atom. The highest BCUT2D eigenvalue weighted by Crippen LogP contribution is 2.33. The van der Waals surface area contributed by atoms with Crippen LogP contribution in [0.5, 0.6) is 0 Å². The molecule has 8 heteroatoms. The van der Waals surface area contributed by atoms with Crippen molar-refractivity contribution in [3.05, 3.63) is 18.0 Å². The van der Waals surface area contributed by atoms with Crippen LogP contribution in [0.15, 0.2) is 12.3 Å². The fourth-order valence-corrected chi connectivity index (χ4v) is 3.61. The Bertz CT molecular complexity index is 912. The van der Waals surface area contributed by atoms with Crippen molar-refractivity contribution in [1.82, 2.24) is 9.55 Å². The zero-order valence-electron chi connectivity index (χ0n) is 19.0. The Kier molecular flexibility index (Phi) is 7.47. The zero-order valence-corrected chi connectivity index (χ0v) is 19.0. The molecule has 2 aromatic heterocycles. The number of amides is 1. The van der Waals surface area contributed by atoms with E-state index in [9.17, 15) is 14.7 Å². The molecule has 0 aliphatic rings. The number of anilines is 2. The number of hydrogen-bond acceptors (Lipinski definition) is 6. The average Bonchev–Trinajstić information content (AvgIpc) is 2.90. The summed E-state index contributed by atoms with van der Waals surface area (Å²) in [6.07, 6.45) is 3.09. The maximum atomic E-state index is 12.6. The first-order chi connectivity index (χ1) is 13.9. The maximum absolute atomic E-state index is 12.6. The standard InChI is InChI=1S/C22H34N4O4/c1-13(2)8-9-26-19(21(28)30-7)18(25-15(4)27)17-10-16(12-23-20(17)26)24-14(3)11-22(5,6)29/h10,12-14,24,29H,8-9,11H2,1-7H3,(H,25,27)/t14-/m1/s1. The van der Waals surface area contributed by atoms with Gasteiger partial charge in [0.1, 0.15) is 5.65 Å². The van der Waals surface area contributed by atoms with Crippen molar-refractivity contribution < 1.29 is 19.4 Å². The van der Waals surface area contributed by atoms with Gasteiger partial charge in [0.15, 0.2) is 5.69 Å². The second-order valence-corrected chi connectivity index (χ2v) is 8.89. The number of rotatable bonds is 9. The number of methoxy groups -OCH3 is 1. The third kappa shape index (κ3) is 5.95. The lowest BCUT2D eigenvalue weighted by Gasteiger charge is -2.23. The normalized spacial score (nSPS) is 12.8. The minimum absolute atomic E-state index is 0.00318. The highest BCUT2D eigenvalue weighted by Gasteiger charge is 2.26. The van der Waals surface area contributed by atoms with Gasteiger partial charge in [-0.15, -0.1) is 0 Å². The summed E-state index contributed by atoms with van der Waals surface area (Å²) in [4.78, 5) is 29.1. The number of nitrogens with zero attached hydrogens (tertiary/aromatic N) is 2. The van der Waals surface area contributed by atoms with Crippen LogP contribution in [0.25, 0.3) is 11.0 Å². The van der Waals surface area contributed by atoms with Crippen LogP contribution in [-0.2, 0) is 16.1 Å². The fourth-order valence-electron chi connectivity index (χ4n) is 3.61. The van der Waals surface area contributed by atoms with E-state index in [0.29, 0.717) is 35.6 Å². The Morgan fingerprint density at radius 1 is 1.30 bits per heavy atom. The molecule has 0 aliphatic carbocycles. The molecule has 8 nitrogen and oxygen atoms in total. The van der Waals surface area contributed by atoms with E-state index in [0.717, 1.165) is 12.1 Å². The lowest BCUT2D eigenvalue weighted by Crippen LogP contribution is -2.29. The van der Waals surface area contributed by atoms with E-state index < -0.39 is 11.6 Å². The summed E-state index contributed by atoms with van der Waals surface area (Å²) in [5.74, 6) is -0.372. The average molecular weight is 419 g/mol. The van der Waals surface area contributed by atoms with Crippen LogP contribution in [0, 0.1) is 5.92 Å². The Labute approximate surface area is 178 Å². The van der Waals surface area contributed by atoms with Crippen LogP contribution < -0.4 is 10.6 Å². The SMILES string of the molecule is COC(=O)c1c(NC(C)=O)c2cc(N[C@H](C)CC(C)(C)O)cnc2n1CCC(C)C. The summed E-state index contributed by atoms with van der Waals surface area (Å²) in [5, 5.41) is 16.8. The van der Waals surface area contributed by atoms with Crippen LogP contribution in [0.3, 0.4) is 0 Å². The fraction of sp³-hybridized carbons (Fsp3) is 0.591. The number of hydrogen-bond donors (Lipinski definition) is 3. The Hall–Kier alpha value is -2.61. The topological polar surface area (TPSA) is 105 Å². The number of esters is 1. The molecular weight excluding hydrogens is 384 g/mol. The van der Waals surface area contributed by atoms with Crippen molar-refractivity contribution in [1.29, 1.82) is 0 Å². The van der Waals surface area contributed by atoms with E-state index in [2.05, 4.69) is 29.5 Å². The molecule has 2 heterocycles. The van der Waals surface area contributed by atoms with Crippen molar-refractivity contribution in [2.45, 2.75) is 72.6 Å². The van der Waals surface area contributed by atoms with Crippen LogP contribution >= 0.6 is 0 Å².